The molecule has 0 atom stereocenters. The molecule has 1 aliphatic rings. The van der Waals surface area contributed by atoms with Crippen molar-refractivity contribution in [3.63, 3.8) is 0 Å². The number of furan rings is 1. The van der Waals surface area contributed by atoms with Gasteiger partial charge in [0, 0.05) is 29.5 Å². The van der Waals surface area contributed by atoms with E-state index in [1.165, 1.54) is 37.5 Å². The predicted octanol–water partition coefficient (Wildman–Crippen LogP) is 5.19. The van der Waals surface area contributed by atoms with E-state index in [9.17, 15) is 24.5 Å². The monoisotopic (exact) mass is 513 g/mol. The number of nitrogens with one attached hydrogen (secondary N) is 1. The van der Waals surface area contributed by atoms with Crippen LogP contribution in [0, 0.1) is 10.1 Å². The zero-order valence-electron chi connectivity index (χ0n) is 18.0. The van der Waals surface area contributed by atoms with Gasteiger partial charge in [0.25, 0.3) is 16.8 Å². The predicted molar refractivity (Wildman–Crippen MR) is 130 cm³/mol. The van der Waals surface area contributed by atoms with Gasteiger partial charge in [-0.1, -0.05) is 11.6 Å². The second kappa shape index (κ2) is 10.0. The summed E-state index contributed by atoms with van der Waals surface area (Å²) in [6.45, 7) is -0.458. The maximum Gasteiger partial charge on any atom is 0.294 e. The minimum Gasteiger partial charge on any atom is -0.497 e. The molecule has 12 heteroatoms. The number of carbonyl (C=O) groups excluding carboxylic acids is 3. The molecular formula is C23H16ClN3O7S. The molecule has 1 saturated heterocycles. The van der Waals surface area contributed by atoms with E-state index >= 15 is 0 Å². The topological polar surface area (TPSA) is 132 Å². The largest absolute Gasteiger partial charge is 0.497 e. The molecular weight excluding hydrogens is 498 g/mol. The second-order valence-corrected chi connectivity index (χ2v) is 8.57. The lowest BCUT2D eigenvalue weighted by Crippen LogP contribution is -2.36. The Morgan fingerprint density at radius 2 is 1.94 bits per heavy atom. The van der Waals surface area contributed by atoms with E-state index in [0.29, 0.717) is 28.8 Å². The highest BCUT2D eigenvalue weighted by Crippen LogP contribution is 2.35. The van der Waals surface area contributed by atoms with Gasteiger partial charge in [0.1, 0.15) is 23.8 Å². The molecule has 35 heavy (non-hydrogen) atoms. The molecule has 3 aromatic rings. The Balaban J connectivity index is 1.46. The van der Waals surface area contributed by atoms with Gasteiger partial charge in [-0.2, -0.15) is 0 Å². The summed E-state index contributed by atoms with van der Waals surface area (Å²) in [5.74, 6) is -0.0812. The smallest absolute Gasteiger partial charge is 0.294 e. The Kier molecular flexibility index (Phi) is 6.90. The number of thioether (sulfide) groups is 1. The number of hydrogen-bond donors (Lipinski definition) is 1. The highest BCUT2D eigenvalue weighted by molar-refractivity contribution is 8.18. The van der Waals surface area contributed by atoms with Crippen LogP contribution in [-0.2, 0) is 9.59 Å². The summed E-state index contributed by atoms with van der Waals surface area (Å²) in [7, 11) is 1.52. The Labute approximate surface area is 207 Å². The van der Waals surface area contributed by atoms with Crippen molar-refractivity contribution in [1.29, 1.82) is 0 Å². The van der Waals surface area contributed by atoms with Crippen LogP contribution >= 0.6 is 23.4 Å². The molecule has 4 rings (SSSR count). The van der Waals surface area contributed by atoms with Crippen LogP contribution in [0.1, 0.15) is 5.76 Å². The number of methoxy groups -OCH3 is 1. The van der Waals surface area contributed by atoms with Crippen LogP contribution in [0.4, 0.5) is 16.2 Å². The SMILES string of the molecule is COc1ccc(NC(=O)CN2C(=O)S/C(=C/c3ccc(-c4cc([N+](=O)[O-])ccc4Cl)o3)C2=O)cc1. The van der Waals surface area contributed by atoms with E-state index in [-0.39, 0.29) is 27.1 Å². The molecule has 0 spiro atoms. The van der Waals surface area contributed by atoms with Gasteiger partial charge in [-0.25, -0.2) is 0 Å². The summed E-state index contributed by atoms with van der Waals surface area (Å²) in [5.41, 5.74) is 0.640. The molecule has 0 radical (unpaired) electrons. The number of nitrogens with zero attached hydrogens (tertiary/aromatic N) is 2. The number of nitro groups is 1. The molecule has 10 nitrogen and oxygen atoms in total. The first-order chi connectivity index (χ1) is 16.7. The number of benzene rings is 2. The molecule has 1 aromatic heterocycles. The van der Waals surface area contributed by atoms with Gasteiger partial charge < -0.3 is 14.5 Å². The minimum atomic E-state index is -0.642. The number of carbonyl (C=O) groups is 3. The van der Waals surface area contributed by atoms with Crippen molar-refractivity contribution in [1.82, 2.24) is 4.90 Å². The molecule has 1 N–H and O–H groups in total. The van der Waals surface area contributed by atoms with Gasteiger partial charge in [-0.3, -0.25) is 29.4 Å². The second-order valence-electron chi connectivity index (χ2n) is 7.17. The number of anilines is 1. The lowest BCUT2D eigenvalue weighted by atomic mass is 10.1. The number of hydrogen-bond acceptors (Lipinski definition) is 8. The fraction of sp³-hybridized carbons (Fsp3) is 0.0870. The Hall–Kier alpha value is -4.09. The maximum atomic E-state index is 12.7. The first-order valence-corrected chi connectivity index (χ1v) is 11.2. The van der Waals surface area contributed by atoms with Crippen molar-refractivity contribution in [3.05, 3.63) is 80.4 Å². The fourth-order valence-electron chi connectivity index (χ4n) is 3.17. The van der Waals surface area contributed by atoms with Gasteiger partial charge in [-0.05, 0) is 54.2 Å². The summed E-state index contributed by atoms with van der Waals surface area (Å²) >= 11 is 6.82. The van der Waals surface area contributed by atoms with Crippen LogP contribution in [-0.4, -0.2) is 40.5 Å². The highest BCUT2D eigenvalue weighted by atomic mass is 35.5. The van der Waals surface area contributed by atoms with Crippen LogP contribution in [0.2, 0.25) is 5.02 Å². The molecule has 0 unspecified atom stereocenters. The van der Waals surface area contributed by atoms with Gasteiger partial charge in [0.2, 0.25) is 5.91 Å². The Morgan fingerprint density at radius 1 is 1.20 bits per heavy atom. The van der Waals surface area contributed by atoms with Crippen molar-refractivity contribution in [2.75, 3.05) is 19.0 Å². The number of amides is 3. The van der Waals surface area contributed by atoms with E-state index in [4.69, 9.17) is 20.8 Å². The van der Waals surface area contributed by atoms with Crippen molar-refractivity contribution in [2.45, 2.75) is 0 Å². The molecule has 0 aliphatic carbocycles. The summed E-state index contributed by atoms with van der Waals surface area (Å²) in [6.07, 6.45) is 1.36. The molecule has 1 aliphatic heterocycles. The molecule has 178 valence electrons. The van der Waals surface area contributed by atoms with Crippen LogP contribution < -0.4 is 10.1 Å². The quantitative estimate of drug-likeness (QED) is 0.259. The van der Waals surface area contributed by atoms with Crippen molar-refractivity contribution >= 4 is 57.9 Å². The van der Waals surface area contributed by atoms with Gasteiger partial charge in [0.15, 0.2) is 0 Å². The number of ether oxygens (including phenoxy) is 1. The first-order valence-electron chi connectivity index (χ1n) is 9.98. The van der Waals surface area contributed by atoms with Crippen LogP contribution in [0.25, 0.3) is 17.4 Å². The third kappa shape index (κ3) is 5.36. The maximum absolute atomic E-state index is 12.7. The highest BCUT2D eigenvalue weighted by Gasteiger charge is 2.36. The Bertz CT molecular complexity index is 1370. The van der Waals surface area contributed by atoms with Gasteiger partial charge in [-0.15, -0.1) is 0 Å². The van der Waals surface area contributed by atoms with Crippen molar-refractivity contribution in [2.24, 2.45) is 0 Å². The van der Waals surface area contributed by atoms with Gasteiger partial charge >= 0.3 is 0 Å². The third-order valence-corrected chi connectivity index (χ3v) is 6.11. The normalized spacial score (nSPS) is 14.5. The zero-order valence-corrected chi connectivity index (χ0v) is 19.6. The lowest BCUT2D eigenvalue weighted by molar-refractivity contribution is -0.384. The number of rotatable bonds is 7. The number of halogens is 1. The lowest BCUT2D eigenvalue weighted by Gasteiger charge is -2.12. The number of non-ortho nitro benzene ring substituents is 1. The Morgan fingerprint density at radius 3 is 2.63 bits per heavy atom. The van der Waals surface area contributed by atoms with Crippen molar-refractivity contribution in [3.8, 4) is 17.1 Å². The average molecular weight is 514 g/mol. The standard InChI is InChI=1S/C23H16ClN3O7S/c1-33-15-5-2-13(3-6-15)25-21(28)12-26-22(29)20(35-23(26)30)11-16-7-9-19(34-16)17-10-14(27(31)32)4-8-18(17)24/h2-11H,12H2,1H3,(H,25,28)/b20-11+. The van der Waals surface area contributed by atoms with E-state index in [0.717, 1.165) is 4.90 Å². The molecule has 1 fully saturated rings. The molecule has 3 amide bonds. The van der Waals surface area contributed by atoms with Crippen LogP contribution in [0.15, 0.2) is 63.9 Å². The summed E-state index contributed by atoms with van der Waals surface area (Å²) in [5, 5.41) is 13.3. The molecule has 2 heterocycles. The van der Waals surface area contributed by atoms with Crippen molar-refractivity contribution < 1.29 is 28.5 Å². The summed E-state index contributed by atoms with van der Waals surface area (Å²) in [6, 6.07) is 13.6. The third-order valence-electron chi connectivity index (χ3n) is 4.88. The summed E-state index contributed by atoms with van der Waals surface area (Å²) < 4.78 is 10.7. The number of imide groups is 1. The molecule has 2 aromatic carbocycles. The average Bonchev–Trinajstić information content (AvgIpc) is 3.40. The van der Waals surface area contributed by atoms with Crippen LogP contribution in [0.5, 0.6) is 5.75 Å². The molecule has 0 saturated carbocycles. The van der Waals surface area contributed by atoms with E-state index in [1.807, 2.05) is 0 Å². The zero-order chi connectivity index (χ0) is 25.1. The minimum absolute atomic E-state index is 0.0679. The number of nitro benzene ring substituents is 1. The first kappa shape index (κ1) is 24.0. The fourth-order valence-corrected chi connectivity index (χ4v) is 4.20. The molecule has 0 bridgehead atoms. The van der Waals surface area contributed by atoms with Gasteiger partial charge in [0.05, 0.1) is 22.0 Å². The van der Waals surface area contributed by atoms with Crippen LogP contribution in [0.3, 0.4) is 0 Å². The van der Waals surface area contributed by atoms with E-state index in [1.54, 1.807) is 30.3 Å². The summed E-state index contributed by atoms with van der Waals surface area (Å²) in [4.78, 5) is 48.8. The van der Waals surface area contributed by atoms with E-state index in [2.05, 4.69) is 5.32 Å². The van der Waals surface area contributed by atoms with E-state index < -0.39 is 28.5 Å².